The standard InChI is InChI=1S/C29H28BrN7O3/c1-2-24(39)35-10-8-19-25-21(37(34-19)20-7-6-17(12-23(20)38)16-4-3-5-16)9-11-36(22(25)14-35)29(40)18-13-31-28(30)27-26(18)32-15-33-27/h2,6-7,12-13,16,22,38H,1,3-5,8-11,14-15H2. The maximum Gasteiger partial charge on any atom is 0.258 e. The SMILES string of the molecule is C=CC(=O)N1CCc2nn(-c3ccc(C4CCC4)cc3O)c3c2C(C1)N(C(=O)c1cnc(Br)c2c1=NCN=2)CC3. The second kappa shape index (κ2) is 9.65. The first-order valence-corrected chi connectivity index (χ1v) is 14.4. The van der Waals surface area contributed by atoms with E-state index in [0.717, 1.165) is 35.4 Å². The van der Waals surface area contributed by atoms with Crippen LogP contribution in [-0.2, 0) is 17.6 Å². The first-order chi connectivity index (χ1) is 19.4. The van der Waals surface area contributed by atoms with E-state index < -0.39 is 6.04 Å². The van der Waals surface area contributed by atoms with Gasteiger partial charge in [0.15, 0.2) is 0 Å². The summed E-state index contributed by atoms with van der Waals surface area (Å²) in [5.41, 5.74) is 4.94. The van der Waals surface area contributed by atoms with Crippen molar-refractivity contribution in [1.29, 1.82) is 0 Å². The lowest BCUT2D eigenvalue weighted by molar-refractivity contribution is -0.126. The summed E-state index contributed by atoms with van der Waals surface area (Å²) >= 11 is 3.41. The summed E-state index contributed by atoms with van der Waals surface area (Å²) < 4.78 is 2.41. The predicted molar refractivity (Wildman–Crippen MR) is 149 cm³/mol. The second-order valence-electron chi connectivity index (χ2n) is 10.7. The Hall–Kier alpha value is -3.86. The molecule has 1 unspecified atom stereocenters. The minimum Gasteiger partial charge on any atom is -0.506 e. The topological polar surface area (TPSA) is 116 Å². The Labute approximate surface area is 238 Å². The predicted octanol–water partition coefficient (Wildman–Crippen LogP) is 2.52. The van der Waals surface area contributed by atoms with Gasteiger partial charge >= 0.3 is 0 Å². The third-order valence-electron chi connectivity index (χ3n) is 8.63. The van der Waals surface area contributed by atoms with E-state index in [1.165, 1.54) is 12.5 Å². The van der Waals surface area contributed by atoms with Crippen LogP contribution in [-0.4, -0.2) is 67.8 Å². The number of carbonyl (C=O) groups excluding carboxylic acids is 2. The number of phenols is 1. The van der Waals surface area contributed by atoms with Crippen LogP contribution in [0.25, 0.3) is 5.69 Å². The molecule has 1 aromatic carbocycles. The zero-order chi connectivity index (χ0) is 27.5. The number of hydrogen-bond donors (Lipinski definition) is 1. The summed E-state index contributed by atoms with van der Waals surface area (Å²) in [6, 6.07) is 5.50. The number of rotatable bonds is 4. The number of nitrogens with zero attached hydrogens (tertiary/aromatic N) is 7. The molecule has 204 valence electrons. The molecule has 2 aromatic heterocycles. The minimum absolute atomic E-state index is 0.179. The molecule has 1 saturated carbocycles. The summed E-state index contributed by atoms with van der Waals surface area (Å²) in [4.78, 5) is 43.5. The summed E-state index contributed by atoms with van der Waals surface area (Å²) in [5, 5.41) is 17.2. The van der Waals surface area contributed by atoms with Crippen LogP contribution in [0.3, 0.4) is 0 Å². The zero-order valence-electron chi connectivity index (χ0n) is 21.9. The highest BCUT2D eigenvalue weighted by Gasteiger charge is 2.40. The minimum atomic E-state index is -0.416. The van der Waals surface area contributed by atoms with Crippen molar-refractivity contribution in [3.63, 3.8) is 0 Å². The van der Waals surface area contributed by atoms with Gasteiger partial charge in [0.2, 0.25) is 5.91 Å². The number of halogens is 1. The Morgan fingerprint density at radius 1 is 1.12 bits per heavy atom. The van der Waals surface area contributed by atoms with Gasteiger partial charge in [-0.2, -0.15) is 5.10 Å². The van der Waals surface area contributed by atoms with Crippen LogP contribution >= 0.6 is 15.9 Å². The van der Waals surface area contributed by atoms with Crippen molar-refractivity contribution in [2.45, 2.75) is 44.1 Å². The summed E-state index contributed by atoms with van der Waals surface area (Å²) in [5.74, 6) is 0.339. The van der Waals surface area contributed by atoms with E-state index in [-0.39, 0.29) is 24.2 Å². The van der Waals surface area contributed by atoms with Crippen LogP contribution in [0.1, 0.15) is 64.1 Å². The van der Waals surface area contributed by atoms with E-state index in [0.29, 0.717) is 65.0 Å². The van der Waals surface area contributed by atoms with Crippen molar-refractivity contribution in [3.05, 3.63) is 80.4 Å². The summed E-state index contributed by atoms with van der Waals surface area (Å²) in [6.45, 7) is 5.13. The molecule has 4 aliphatic rings. The Bertz CT molecular complexity index is 1710. The van der Waals surface area contributed by atoms with Gasteiger partial charge < -0.3 is 14.9 Å². The summed E-state index contributed by atoms with van der Waals surface area (Å²) in [6.07, 6.45) is 7.49. The molecule has 0 bridgehead atoms. The van der Waals surface area contributed by atoms with E-state index in [4.69, 9.17) is 5.10 Å². The van der Waals surface area contributed by atoms with Crippen molar-refractivity contribution < 1.29 is 14.7 Å². The van der Waals surface area contributed by atoms with E-state index in [1.807, 2.05) is 21.7 Å². The van der Waals surface area contributed by atoms with Crippen molar-refractivity contribution >= 4 is 27.7 Å². The molecule has 11 heteroatoms. The molecule has 7 rings (SSSR count). The second-order valence-corrected chi connectivity index (χ2v) is 11.5. The van der Waals surface area contributed by atoms with Crippen LogP contribution in [0.2, 0.25) is 0 Å². The highest BCUT2D eigenvalue weighted by Crippen LogP contribution is 2.41. The van der Waals surface area contributed by atoms with Gasteiger partial charge in [0.1, 0.15) is 33.4 Å². The molecular weight excluding hydrogens is 574 g/mol. The lowest BCUT2D eigenvalue weighted by atomic mass is 9.80. The van der Waals surface area contributed by atoms with Gasteiger partial charge in [-0.1, -0.05) is 19.1 Å². The number of fused-ring (bicyclic) bond motifs is 1. The normalized spacial score (nSPS) is 19.6. The molecule has 1 fully saturated rings. The monoisotopic (exact) mass is 601 g/mol. The smallest absolute Gasteiger partial charge is 0.258 e. The Morgan fingerprint density at radius 2 is 1.95 bits per heavy atom. The van der Waals surface area contributed by atoms with E-state index in [2.05, 4.69) is 43.5 Å². The van der Waals surface area contributed by atoms with Crippen LogP contribution < -0.4 is 10.7 Å². The van der Waals surface area contributed by atoms with Gasteiger partial charge in [-0.05, 0) is 58.5 Å². The number of phenolic OH excluding ortho intramolecular Hbond substituents is 1. The largest absolute Gasteiger partial charge is 0.506 e. The summed E-state index contributed by atoms with van der Waals surface area (Å²) in [7, 11) is 0. The van der Waals surface area contributed by atoms with Gasteiger partial charge in [0, 0.05) is 44.2 Å². The van der Waals surface area contributed by atoms with Crippen molar-refractivity contribution in [3.8, 4) is 11.4 Å². The molecule has 2 amide bonds. The fraction of sp³-hybridized carbons (Fsp3) is 0.379. The molecule has 1 aliphatic carbocycles. The third-order valence-corrected chi connectivity index (χ3v) is 9.21. The first kappa shape index (κ1) is 25.1. The number of pyridine rings is 1. The number of carbonyl (C=O) groups is 2. The zero-order valence-corrected chi connectivity index (χ0v) is 23.5. The maximum absolute atomic E-state index is 14.1. The highest BCUT2D eigenvalue weighted by atomic mass is 79.9. The Kier molecular flexibility index (Phi) is 6.06. The average molecular weight is 602 g/mol. The Morgan fingerprint density at radius 3 is 2.70 bits per heavy atom. The lowest BCUT2D eigenvalue weighted by Crippen LogP contribution is -2.47. The quantitative estimate of drug-likeness (QED) is 0.364. The van der Waals surface area contributed by atoms with Crippen LogP contribution in [0.15, 0.2) is 51.6 Å². The molecular formula is C29H28BrN7O3. The maximum atomic E-state index is 14.1. The third kappa shape index (κ3) is 3.89. The lowest BCUT2D eigenvalue weighted by Gasteiger charge is -2.37. The van der Waals surface area contributed by atoms with Gasteiger partial charge in [-0.25, -0.2) is 9.67 Å². The number of benzene rings is 1. The molecule has 0 spiro atoms. The number of hydrogen-bond acceptors (Lipinski definition) is 7. The number of aromatic nitrogens is 3. The molecule has 3 aliphatic heterocycles. The van der Waals surface area contributed by atoms with Crippen LogP contribution in [0.5, 0.6) is 5.75 Å². The van der Waals surface area contributed by atoms with Gasteiger partial charge in [0.05, 0.1) is 23.0 Å². The van der Waals surface area contributed by atoms with Gasteiger partial charge in [-0.3, -0.25) is 19.6 Å². The molecule has 3 aromatic rings. The van der Waals surface area contributed by atoms with E-state index in [1.54, 1.807) is 11.1 Å². The van der Waals surface area contributed by atoms with Crippen molar-refractivity contribution in [2.24, 2.45) is 9.98 Å². The van der Waals surface area contributed by atoms with Crippen molar-refractivity contribution in [2.75, 3.05) is 26.3 Å². The number of aromatic hydroxyl groups is 1. The molecule has 5 heterocycles. The van der Waals surface area contributed by atoms with E-state index in [9.17, 15) is 14.7 Å². The van der Waals surface area contributed by atoms with Gasteiger partial charge in [-0.15, -0.1) is 0 Å². The molecule has 1 atom stereocenters. The number of amides is 2. The Balaban J connectivity index is 1.32. The molecule has 0 radical (unpaired) electrons. The first-order valence-electron chi connectivity index (χ1n) is 13.6. The average Bonchev–Trinajstić information content (AvgIpc) is 3.51. The molecule has 10 nitrogen and oxygen atoms in total. The van der Waals surface area contributed by atoms with Gasteiger partial charge in [0.25, 0.3) is 5.91 Å². The fourth-order valence-corrected chi connectivity index (χ4v) is 6.75. The highest BCUT2D eigenvalue weighted by molar-refractivity contribution is 9.10. The van der Waals surface area contributed by atoms with Crippen LogP contribution in [0.4, 0.5) is 0 Å². The van der Waals surface area contributed by atoms with E-state index >= 15 is 0 Å². The van der Waals surface area contributed by atoms with Crippen LogP contribution in [0, 0.1) is 0 Å². The van der Waals surface area contributed by atoms with Crippen molar-refractivity contribution in [1.82, 2.24) is 24.6 Å². The molecule has 40 heavy (non-hydrogen) atoms. The molecule has 0 saturated heterocycles. The molecule has 1 N–H and O–H groups in total. The fourth-order valence-electron chi connectivity index (χ4n) is 6.34.